The van der Waals surface area contributed by atoms with Gasteiger partial charge in [-0.15, -0.1) is 0 Å². The molecule has 0 aliphatic carbocycles. The van der Waals surface area contributed by atoms with E-state index in [0.717, 1.165) is 30.5 Å². The Hall–Kier alpha value is -1.56. The van der Waals surface area contributed by atoms with Crippen LogP contribution in [0.25, 0.3) is 0 Å². The molecule has 1 aliphatic rings. The maximum atomic E-state index is 12.2. The lowest BCUT2D eigenvalue weighted by atomic mass is 10.00. The zero-order valence-electron chi connectivity index (χ0n) is 14.7. The first-order chi connectivity index (χ1) is 11.5. The van der Waals surface area contributed by atoms with Crippen molar-refractivity contribution in [2.24, 2.45) is 10.9 Å². The SMILES string of the molecule is CN=C(NCCCS(=O)(=O)Cc1ccccc1)N1CCC(C)CC1. The van der Waals surface area contributed by atoms with Crippen molar-refractivity contribution >= 4 is 15.8 Å². The van der Waals surface area contributed by atoms with Gasteiger partial charge in [-0.2, -0.15) is 0 Å². The Morgan fingerprint density at radius 2 is 1.92 bits per heavy atom. The number of aliphatic imine (C=N–C) groups is 1. The highest BCUT2D eigenvalue weighted by Crippen LogP contribution is 2.15. The molecule has 0 amide bonds. The smallest absolute Gasteiger partial charge is 0.193 e. The first kappa shape index (κ1) is 18.8. The molecular weight excluding hydrogens is 322 g/mol. The van der Waals surface area contributed by atoms with Crippen molar-refractivity contribution < 1.29 is 8.42 Å². The fraction of sp³-hybridized carbons (Fsp3) is 0.611. The van der Waals surface area contributed by atoms with Crippen LogP contribution in [0.1, 0.15) is 31.7 Å². The van der Waals surface area contributed by atoms with E-state index in [0.29, 0.717) is 13.0 Å². The average Bonchev–Trinajstić information content (AvgIpc) is 2.56. The molecule has 1 N–H and O–H groups in total. The quantitative estimate of drug-likeness (QED) is 0.485. The molecule has 0 atom stereocenters. The Labute approximate surface area is 146 Å². The van der Waals surface area contributed by atoms with Gasteiger partial charge >= 0.3 is 0 Å². The van der Waals surface area contributed by atoms with Crippen LogP contribution in [0.4, 0.5) is 0 Å². The highest BCUT2D eigenvalue weighted by atomic mass is 32.2. The molecule has 1 aliphatic heterocycles. The summed E-state index contributed by atoms with van der Waals surface area (Å²) < 4.78 is 24.4. The highest BCUT2D eigenvalue weighted by molar-refractivity contribution is 7.90. The van der Waals surface area contributed by atoms with Crippen molar-refractivity contribution in [3.63, 3.8) is 0 Å². The fourth-order valence-corrected chi connectivity index (χ4v) is 4.37. The maximum Gasteiger partial charge on any atom is 0.193 e. The second-order valence-electron chi connectivity index (χ2n) is 6.57. The van der Waals surface area contributed by atoms with Crippen molar-refractivity contribution in [1.82, 2.24) is 10.2 Å². The summed E-state index contributed by atoms with van der Waals surface area (Å²) in [7, 11) is -1.28. The molecule has 0 radical (unpaired) electrons. The Balaban J connectivity index is 1.73. The number of likely N-dealkylation sites (tertiary alicyclic amines) is 1. The summed E-state index contributed by atoms with van der Waals surface area (Å²) in [6.45, 7) is 4.96. The minimum absolute atomic E-state index is 0.118. The third kappa shape index (κ3) is 6.15. The lowest BCUT2D eigenvalue weighted by Crippen LogP contribution is -2.45. The molecule has 134 valence electrons. The second kappa shape index (κ2) is 9.06. The molecule has 0 spiro atoms. The van der Waals surface area contributed by atoms with Crippen molar-refractivity contribution in [3.8, 4) is 0 Å². The molecule has 6 heteroatoms. The summed E-state index contributed by atoms with van der Waals surface area (Å²) >= 11 is 0. The minimum Gasteiger partial charge on any atom is -0.356 e. The predicted molar refractivity (Wildman–Crippen MR) is 99.9 cm³/mol. The van der Waals surface area contributed by atoms with E-state index in [9.17, 15) is 8.42 Å². The normalized spacial score (nSPS) is 17.1. The van der Waals surface area contributed by atoms with Gasteiger partial charge in [0.05, 0.1) is 11.5 Å². The summed E-state index contributed by atoms with van der Waals surface area (Å²) in [4.78, 5) is 6.58. The van der Waals surface area contributed by atoms with Crippen LogP contribution in [0.2, 0.25) is 0 Å². The minimum atomic E-state index is -3.06. The van der Waals surface area contributed by atoms with Crippen LogP contribution in [-0.2, 0) is 15.6 Å². The van der Waals surface area contributed by atoms with Crippen LogP contribution in [-0.4, -0.2) is 51.7 Å². The molecule has 1 fully saturated rings. The van der Waals surface area contributed by atoms with Crippen LogP contribution in [0.3, 0.4) is 0 Å². The van der Waals surface area contributed by atoms with Crippen LogP contribution in [0.15, 0.2) is 35.3 Å². The molecular formula is C18H29N3O2S. The Kier molecular flexibility index (Phi) is 7.09. The Bertz CT molecular complexity index is 621. The average molecular weight is 352 g/mol. The number of sulfone groups is 1. The lowest BCUT2D eigenvalue weighted by molar-refractivity contribution is 0.273. The van der Waals surface area contributed by atoms with E-state index in [1.165, 1.54) is 12.8 Å². The van der Waals surface area contributed by atoms with E-state index < -0.39 is 9.84 Å². The lowest BCUT2D eigenvalue weighted by Gasteiger charge is -2.32. The van der Waals surface area contributed by atoms with Gasteiger partial charge in [0.15, 0.2) is 15.8 Å². The first-order valence-electron chi connectivity index (χ1n) is 8.70. The Morgan fingerprint density at radius 1 is 1.25 bits per heavy atom. The predicted octanol–water partition coefficient (Wildman–Crippen LogP) is 2.30. The maximum absolute atomic E-state index is 12.2. The standard InChI is InChI=1S/C18H29N3O2S/c1-16-9-12-21(13-10-16)18(19-2)20-11-6-14-24(22,23)15-17-7-4-3-5-8-17/h3-5,7-8,16H,6,9-15H2,1-2H3,(H,19,20). The number of nitrogens with one attached hydrogen (secondary N) is 1. The van der Waals surface area contributed by atoms with E-state index in [1.54, 1.807) is 7.05 Å². The van der Waals surface area contributed by atoms with Gasteiger partial charge in [0.1, 0.15) is 0 Å². The molecule has 5 nitrogen and oxygen atoms in total. The number of hydrogen-bond acceptors (Lipinski definition) is 3. The molecule has 0 unspecified atom stereocenters. The van der Waals surface area contributed by atoms with Gasteiger partial charge in [-0.25, -0.2) is 8.42 Å². The monoisotopic (exact) mass is 351 g/mol. The van der Waals surface area contributed by atoms with Gasteiger partial charge in [-0.3, -0.25) is 4.99 Å². The van der Waals surface area contributed by atoms with E-state index in [-0.39, 0.29) is 11.5 Å². The summed E-state index contributed by atoms with van der Waals surface area (Å²) in [6, 6.07) is 9.35. The molecule has 1 aromatic rings. The van der Waals surface area contributed by atoms with E-state index >= 15 is 0 Å². The first-order valence-corrected chi connectivity index (χ1v) is 10.5. The Morgan fingerprint density at radius 3 is 2.54 bits per heavy atom. The number of piperidine rings is 1. The van der Waals surface area contributed by atoms with Gasteiger partial charge in [0, 0.05) is 26.7 Å². The number of benzene rings is 1. The molecule has 0 bridgehead atoms. The van der Waals surface area contributed by atoms with Gasteiger partial charge in [-0.05, 0) is 30.7 Å². The molecule has 1 heterocycles. The molecule has 1 aromatic carbocycles. The van der Waals surface area contributed by atoms with E-state index in [1.807, 2.05) is 30.3 Å². The third-order valence-corrected chi connectivity index (χ3v) is 6.12. The van der Waals surface area contributed by atoms with Crippen LogP contribution < -0.4 is 5.32 Å². The van der Waals surface area contributed by atoms with Crippen LogP contribution in [0.5, 0.6) is 0 Å². The number of nitrogens with zero attached hydrogens (tertiary/aromatic N) is 2. The highest BCUT2D eigenvalue weighted by Gasteiger charge is 2.18. The topological polar surface area (TPSA) is 61.8 Å². The van der Waals surface area contributed by atoms with Gasteiger partial charge in [0.2, 0.25) is 0 Å². The van der Waals surface area contributed by atoms with Gasteiger partial charge in [0.25, 0.3) is 0 Å². The van der Waals surface area contributed by atoms with Crippen LogP contribution >= 0.6 is 0 Å². The molecule has 2 rings (SSSR count). The molecule has 0 aromatic heterocycles. The zero-order valence-corrected chi connectivity index (χ0v) is 15.6. The van der Waals surface area contributed by atoms with Crippen molar-refractivity contribution in [2.75, 3.05) is 32.4 Å². The van der Waals surface area contributed by atoms with Crippen molar-refractivity contribution in [2.45, 2.75) is 31.9 Å². The second-order valence-corrected chi connectivity index (χ2v) is 8.76. The van der Waals surface area contributed by atoms with Crippen molar-refractivity contribution in [3.05, 3.63) is 35.9 Å². The fourth-order valence-electron chi connectivity index (χ4n) is 2.95. The molecule has 0 saturated carbocycles. The van der Waals surface area contributed by atoms with E-state index in [2.05, 4.69) is 22.1 Å². The summed E-state index contributed by atoms with van der Waals surface area (Å²) in [5.74, 6) is 1.99. The van der Waals surface area contributed by atoms with Gasteiger partial charge in [-0.1, -0.05) is 37.3 Å². The summed E-state index contributed by atoms with van der Waals surface area (Å²) in [5, 5.41) is 3.30. The third-order valence-electron chi connectivity index (χ3n) is 4.44. The number of guanidine groups is 1. The summed E-state index contributed by atoms with van der Waals surface area (Å²) in [6.07, 6.45) is 2.97. The number of rotatable bonds is 6. The summed E-state index contributed by atoms with van der Waals surface area (Å²) in [5.41, 5.74) is 0.851. The van der Waals surface area contributed by atoms with Gasteiger partial charge < -0.3 is 10.2 Å². The van der Waals surface area contributed by atoms with E-state index in [4.69, 9.17) is 0 Å². The zero-order chi connectivity index (χ0) is 17.4. The number of hydrogen-bond donors (Lipinski definition) is 1. The van der Waals surface area contributed by atoms with Crippen molar-refractivity contribution in [1.29, 1.82) is 0 Å². The molecule has 24 heavy (non-hydrogen) atoms. The largest absolute Gasteiger partial charge is 0.356 e. The molecule has 1 saturated heterocycles. The van der Waals surface area contributed by atoms with Crippen LogP contribution in [0, 0.1) is 5.92 Å².